The van der Waals surface area contributed by atoms with Crippen LogP contribution >= 0.6 is 0 Å². The standard InChI is InChI=1S/C23H17NO6/c25-22(11-7-15-6-10-20-21(12-15)29-14-28-20)24-19-13-17(8-9-18(19)23(26)27)30-16-4-2-1-3-5-16/h1-13H,14H2,(H,24,25)(H,26,27)/b11-7+. The van der Waals surface area contributed by atoms with Gasteiger partial charge in [-0.2, -0.15) is 0 Å². The fourth-order valence-corrected chi connectivity index (χ4v) is 2.86. The maximum Gasteiger partial charge on any atom is 0.337 e. The minimum atomic E-state index is -1.16. The van der Waals surface area contributed by atoms with Gasteiger partial charge in [0.05, 0.1) is 11.3 Å². The number of carbonyl (C=O) groups is 2. The number of amides is 1. The molecule has 0 spiro atoms. The molecule has 7 nitrogen and oxygen atoms in total. The first-order chi connectivity index (χ1) is 14.6. The van der Waals surface area contributed by atoms with Crippen molar-refractivity contribution in [2.75, 3.05) is 12.1 Å². The Labute approximate surface area is 172 Å². The molecule has 150 valence electrons. The molecule has 0 radical (unpaired) electrons. The minimum absolute atomic E-state index is 0.0414. The molecule has 7 heteroatoms. The Bertz CT molecular complexity index is 1120. The fraction of sp³-hybridized carbons (Fsp3) is 0.0435. The Morgan fingerprint density at radius 3 is 2.53 bits per heavy atom. The lowest BCUT2D eigenvalue weighted by atomic mass is 10.1. The van der Waals surface area contributed by atoms with Crippen molar-refractivity contribution < 1.29 is 28.9 Å². The third kappa shape index (κ3) is 4.41. The number of rotatable bonds is 6. The second-order valence-corrected chi connectivity index (χ2v) is 6.36. The summed E-state index contributed by atoms with van der Waals surface area (Å²) in [5, 5.41) is 12.0. The van der Waals surface area contributed by atoms with Gasteiger partial charge in [-0.05, 0) is 48.0 Å². The number of carbonyl (C=O) groups excluding carboxylic acids is 1. The number of aromatic carboxylic acids is 1. The van der Waals surface area contributed by atoms with E-state index in [1.165, 1.54) is 24.3 Å². The van der Waals surface area contributed by atoms with Gasteiger partial charge in [0.25, 0.3) is 0 Å². The van der Waals surface area contributed by atoms with E-state index in [0.29, 0.717) is 23.0 Å². The second-order valence-electron chi connectivity index (χ2n) is 6.36. The zero-order valence-corrected chi connectivity index (χ0v) is 15.7. The van der Waals surface area contributed by atoms with Crippen LogP contribution in [0.4, 0.5) is 5.69 Å². The van der Waals surface area contributed by atoms with Crippen LogP contribution in [0.3, 0.4) is 0 Å². The average molecular weight is 403 g/mol. The molecule has 0 fully saturated rings. The number of ether oxygens (including phenoxy) is 3. The van der Waals surface area contributed by atoms with Crippen LogP contribution in [0.1, 0.15) is 15.9 Å². The molecule has 0 saturated heterocycles. The molecule has 0 aliphatic carbocycles. The molecule has 4 rings (SSSR count). The molecule has 1 amide bonds. The summed E-state index contributed by atoms with van der Waals surface area (Å²) in [6, 6.07) is 18.8. The molecular formula is C23H17NO6. The Kier molecular flexibility index (Phi) is 5.34. The van der Waals surface area contributed by atoms with E-state index in [2.05, 4.69) is 5.32 Å². The first-order valence-electron chi connectivity index (χ1n) is 9.07. The number of hydrogen-bond donors (Lipinski definition) is 2. The van der Waals surface area contributed by atoms with Gasteiger partial charge in [-0.25, -0.2) is 4.79 Å². The van der Waals surface area contributed by atoms with E-state index >= 15 is 0 Å². The van der Waals surface area contributed by atoms with Gasteiger partial charge >= 0.3 is 5.97 Å². The molecule has 30 heavy (non-hydrogen) atoms. The molecule has 3 aromatic carbocycles. The number of hydrogen-bond acceptors (Lipinski definition) is 5. The minimum Gasteiger partial charge on any atom is -0.478 e. The summed E-state index contributed by atoms with van der Waals surface area (Å²) in [5.74, 6) is 0.625. The van der Waals surface area contributed by atoms with Crippen LogP contribution in [-0.2, 0) is 4.79 Å². The lowest BCUT2D eigenvalue weighted by molar-refractivity contribution is -0.111. The Morgan fingerprint density at radius 1 is 0.933 bits per heavy atom. The predicted molar refractivity (Wildman–Crippen MR) is 110 cm³/mol. The number of benzene rings is 3. The van der Waals surface area contributed by atoms with Crippen LogP contribution in [-0.4, -0.2) is 23.8 Å². The van der Waals surface area contributed by atoms with Crippen molar-refractivity contribution in [3.63, 3.8) is 0 Å². The summed E-state index contributed by atoms with van der Waals surface area (Å²) in [5.41, 5.74) is 0.838. The van der Waals surface area contributed by atoms with Crippen molar-refractivity contribution in [1.82, 2.24) is 0 Å². The van der Waals surface area contributed by atoms with Gasteiger partial charge in [-0.3, -0.25) is 4.79 Å². The van der Waals surface area contributed by atoms with Crippen molar-refractivity contribution in [1.29, 1.82) is 0 Å². The van der Waals surface area contributed by atoms with Crippen molar-refractivity contribution in [3.8, 4) is 23.0 Å². The van der Waals surface area contributed by atoms with E-state index < -0.39 is 11.9 Å². The summed E-state index contributed by atoms with van der Waals surface area (Å²) in [6.45, 7) is 0.169. The van der Waals surface area contributed by atoms with Crippen molar-refractivity contribution >= 4 is 23.6 Å². The van der Waals surface area contributed by atoms with Crippen LogP contribution in [0, 0.1) is 0 Å². The largest absolute Gasteiger partial charge is 0.478 e. The summed E-state index contributed by atoms with van der Waals surface area (Å²) in [6.07, 6.45) is 2.91. The molecule has 0 saturated carbocycles. The van der Waals surface area contributed by atoms with E-state index in [0.717, 1.165) is 5.56 Å². The quantitative estimate of drug-likeness (QED) is 0.586. The van der Waals surface area contributed by atoms with Gasteiger partial charge in [-0.1, -0.05) is 24.3 Å². The van der Waals surface area contributed by atoms with Crippen LogP contribution in [0.25, 0.3) is 6.08 Å². The summed E-state index contributed by atoms with van der Waals surface area (Å²) >= 11 is 0. The van der Waals surface area contributed by atoms with Gasteiger partial charge in [0.1, 0.15) is 11.5 Å². The normalized spacial score (nSPS) is 12.0. The molecule has 1 aliphatic heterocycles. The molecule has 0 aromatic heterocycles. The van der Waals surface area contributed by atoms with Crippen LogP contribution in [0.5, 0.6) is 23.0 Å². The number of carboxylic acid groups (broad SMARTS) is 1. The van der Waals surface area contributed by atoms with E-state index in [1.807, 2.05) is 18.2 Å². The van der Waals surface area contributed by atoms with E-state index in [-0.39, 0.29) is 18.0 Å². The van der Waals surface area contributed by atoms with Crippen LogP contribution in [0.2, 0.25) is 0 Å². The molecule has 0 atom stereocenters. The van der Waals surface area contributed by atoms with Gasteiger partial charge in [0.2, 0.25) is 12.7 Å². The van der Waals surface area contributed by atoms with Crippen molar-refractivity contribution in [3.05, 3.63) is 83.9 Å². The van der Waals surface area contributed by atoms with Gasteiger partial charge in [0.15, 0.2) is 11.5 Å². The SMILES string of the molecule is O=C(/C=C/c1ccc2c(c1)OCO2)Nc1cc(Oc2ccccc2)ccc1C(=O)O. The number of nitrogens with one attached hydrogen (secondary N) is 1. The molecule has 1 heterocycles. The van der Waals surface area contributed by atoms with E-state index in [4.69, 9.17) is 14.2 Å². The third-order valence-corrected chi connectivity index (χ3v) is 4.28. The van der Waals surface area contributed by atoms with Gasteiger partial charge in [0, 0.05) is 12.1 Å². The highest BCUT2D eigenvalue weighted by Gasteiger charge is 2.14. The number of anilines is 1. The number of fused-ring (bicyclic) bond motifs is 1. The zero-order chi connectivity index (χ0) is 20.9. The van der Waals surface area contributed by atoms with E-state index in [9.17, 15) is 14.7 Å². The number of carboxylic acids is 1. The number of para-hydroxylation sites is 1. The highest BCUT2D eigenvalue weighted by Crippen LogP contribution is 2.33. The molecular weight excluding hydrogens is 386 g/mol. The summed E-state index contributed by atoms with van der Waals surface area (Å²) in [4.78, 5) is 23.9. The highest BCUT2D eigenvalue weighted by atomic mass is 16.7. The Morgan fingerprint density at radius 2 is 1.73 bits per heavy atom. The van der Waals surface area contributed by atoms with Crippen molar-refractivity contribution in [2.45, 2.75) is 0 Å². The topological polar surface area (TPSA) is 94.1 Å². The fourth-order valence-electron chi connectivity index (χ4n) is 2.86. The van der Waals surface area contributed by atoms with Gasteiger partial charge in [-0.15, -0.1) is 0 Å². The van der Waals surface area contributed by atoms with Gasteiger partial charge < -0.3 is 24.6 Å². The molecule has 1 aliphatic rings. The van der Waals surface area contributed by atoms with Crippen molar-refractivity contribution in [2.24, 2.45) is 0 Å². The molecule has 2 N–H and O–H groups in total. The summed E-state index contributed by atoms with van der Waals surface area (Å²) < 4.78 is 16.3. The average Bonchev–Trinajstić information content (AvgIpc) is 3.21. The monoisotopic (exact) mass is 403 g/mol. The summed E-state index contributed by atoms with van der Waals surface area (Å²) in [7, 11) is 0. The maximum atomic E-state index is 12.4. The van der Waals surface area contributed by atoms with E-state index in [1.54, 1.807) is 36.4 Å². The molecule has 0 bridgehead atoms. The lowest BCUT2D eigenvalue weighted by Crippen LogP contribution is -2.12. The third-order valence-electron chi connectivity index (χ3n) is 4.28. The molecule has 0 unspecified atom stereocenters. The van der Waals surface area contributed by atoms with Crippen LogP contribution in [0.15, 0.2) is 72.8 Å². The highest BCUT2D eigenvalue weighted by molar-refractivity contribution is 6.06. The maximum absolute atomic E-state index is 12.4. The smallest absolute Gasteiger partial charge is 0.337 e. The predicted octanol–water partition coefficient (Wildman–Crippen LogP) is 4.56. The Balaban J connectivity index is 1.51. The Hall–Kier alpha value is -4.26. The lowest BCUT2D eigenvalue weighted by Gasteiger charge is -2.11. The molecule has 3 aromatic rings. The first-order valence-corrected chi connectivity index (χ1v) is 9.07. The first kappa shape index (κ1) is 19.1. The van der Waals surface area contributed by atoms with Crippen LogP contribution < -0.4 is 19.5 Å². The zero-order valence-electron chi connectivity index (χ0n) is 15.7. The second kappa shape index (κ2) is 8.40.